The molecule has 0 heterocycles. The van der Waals surface area contributed by atoms with Crippen LogP contribution in [0.4, 0.5) is 12.6 Å². The third-order valence-corrected chi connectivity index (χ3v) is 2.83. The Morgan fingerprint density at radius 2 is 1.70 bits per heavy atom. The van der Waals surface area contributed by atoms with E-state index in [1.165, 1.54) is 0 Å². The number of nitrogens with one attached hydrogen (secondary N) is 1. The molecule has 0 aromatic heterocycles. The Labute approximate surface area is 55.0 Å². The van der Waals surface area contributed by atoms with Gasteiger partial charge in [-0.1, -0.05) is 0 Å². The second-order valence-electron chi connectivity index (χ2n) is 1.22. The van der Waals surface area contributed by atoms with Gasteiger partial charge in [-0.05, 0) is 0 Å². The smallest absolute Gasteiger partial charge is 0.297 e. The van der Waals surface area contributed by atoms with Gasteiger partial charge >= 0.3 is 15.7 Å². The molecule has 0 aromatic rings. The van der Waals surface area contributed by atoms with Crippen molar-refractivity contribution in [2.45, 2.75) is 0 Å². The first kappa shape index (κ1) is 10.2. The molecule has 0 aliphatic rings. The molecule has 0 saturated heterocycles. The molecular formula is CH4F3NO3P2. The molecular weight excluding hydrogens is 193 g/mol. The van der Waals surface area contributed by atoms with Crippen molar-refractivity contribution in [3.8, 4) is 0 Å². The zero-order valence-electron chi connectivity index (χ0n) is 4.75. The van der Waals surface area contributed by atoms with Gasteiger partial charge in [0.05, 0.1) is 0 Å². The van der Waals surface area contributed by atoms with Gasteiger partial charge in [-0.2, -0.15) is 0 Å². The van der Waals surface area contributed by atoms with Crippen LogP contribution in [0.3, 0.4) is 0 Å². The molecule has 0 bridgehead atoms. The fraction of sp³-hybridized carbons (Fsp3) is 1.00. The molecule has 0 saturated carbocycles. The highest BCUT2D eigenvalue weighted by atomic mass is 31.3. The summed E-state index contributed by atoms with van der Waals surface area (Å²) in [6, 6.07) is 0. The Morgan fingerprint density at radius 3 is 1.80 bits per heavy atom. The van der Waals surface area contributed by atoms with Crippen LogP contribution in [-0.4, -0.2) is 7.11 Å². The van der Waals surface area contributed by atoms with Gasteiger partial charge in [-0.15, -0.1) is 17.4 Å². The maximum absolute atomic E-state index is 11.9. The summed E-state index contributed by atoms with van der Waals surface area (Å²) < 4.78 is 57.4. The molecule has 0 rings (SSSR count). The highest BCUT2D eigenvalue weighted by Crippen LogP contribution is 2.58. The van der Waals surface area contributed by atoms with E-state index in [4.69, 9.17) is 0 Å². The zero-order chi connectivity index (χ0) is 8.41. The molecule has 9 heteroatoms. The topological polar surface area (TPSA) is 55.4 Å². The monoisotopic (exact) mass is 197 g/mol. The van der Waals surface area contributed by atoms with Crippen LogP contribution in [0.5, 0.6) is 0 Å². The molecule has 0 radical (unpaired) electrons. The van der Waals surface area contributed by atoms with Gasteiger partial charge in [0.25, 0.3) is 0 Å². The fourth-order valence-corrected chi connectivity index (χ4v) is 1.62. The van der Waals surface area contributed by atoms with E-state index in [9.17, 15) is 21.7 Å². The van der Waals surface area contributed by atoms with Gasteiger partial charge in [0.2, 0.25) is 0 Å². The number of hydrogen-bond acceptors (Lipinski definition) is 3. The van der Waals surface area contributed by atoms with Crippen LogP contribution in [-0.2, 0) is 13.7 Å². The van der Waals surface area contributed by atoms with Crippen molar-refractivity contribution in [1.82, 2.24) is 4.86 Å². The molecule has 0 spiro atoms. The average Bonchev–Trinajstić information content (AvgIpc) is 1.60. The molecule has 10 heavy (non-hydrogen) atoms. The van der Waals surface area contributed by atoms with Crippen LogP contribution in [0.15, 0.2) is 0 Å². The summed E-state index contributed by atoms with van der Waals surface area (Å²) >= 11 is 0. The van der Waals surface area contributed by atoms with E-state index in [0.29, 0.717) is 12.0 Å². The molecule has 0 amide bonds. The largest absolute Gasteiger partial charge is 0.490 e. The second-order valence-corrected chi connectivity index (χ2v) is 4.27. The number of rotatable bonds is 3. The summed E-state index contributed by atoms with van der Waals surface area (Å²) in [5, 5.41) is 0. The second kappa shape index (κ2) is 3.05. The third-order valence-electron chi connectivity index (χ3n) is 0.471. The maximum Gasteiger partial charge on any atom is 0.490 e. The molecule has 1 unspecified atom stereocenters. The van der Waals surface area contributed by atoms with Crippen LogP contribution in [0.1, 0.15) is 0 Å². The van der Waals surface area contributed by atoms with Crippen LogP contribution in [0.25, 0.3) is 0 Å². The van der Waals surface area contributed by atoms with Gasteiger partial charge in [-0.25, -0.2) is 9.13 Å². The van der Waals surface area contributed by atoms with Crippen LogP contribution >= 0.6 is 15.7 Å². The lowest BCUT2D eigenvalue weighted by atomic mass is 11.8. The quantitative estimate of drug-likeness (QED) is 0.705. The zero-order valence-corrected chi connectivity index (χ0v) is 6.54. The van der Waals surface area contributed by atoms with Crippen molar-refractivity contribution in [2.75, 3.05) is 7.11 Å². The van der Waals surface area contributed by atoms with E-state index >= 15 is 0 Å². The SMILES string of the molecule is COP(=O)(F)NP(=O)(F)F. The lowest BCUT2D eigenvalue weighted by Crippen LogP contribution is -1.98. The average molecular weight is 197 g/mol. The highest BCUT2D eigenvalue weighted by molar-refractivity contribution is 7.67. The van der Waals surface area contributed by atoms with Gasteiger partial charge < -0.3 is 0 Å². The normalized spacial score (nSPS) is 18.4. The minimum Gasteiger partial charge on any atom is -0.297 e. The van der Waals surface area contributed by atoms with Crippen molar-refractivity contribution < 1.29 is 26.2 Å². The lowest BCUT2D eigenvalue weighted by Gasteiger charge is -2.04. The molecule has 62 valence electrons. The summed E-state index contributed by atoms with van der Waals surface area (Å²) in [4.78, 5) is 0.434. The molecule has 1 N–H and O–H groups in total. The predicted octanol–water partition coefficient (Wildman–Crippen LogP) is 2.35. The summed E-state index contributed by atoms with van der Waals surface area (Å²) in [5.41, 5.74) is 0. The van der Waals surface area contributed by atoms with E-state index in [-0.39, 0.29) is 0 Å². The third kappa shape index (κ3) is 4.99. The van der Waals surface area contributed by atoms with E-state index in [1.807, 2.05) is 0 Å². The van der Waals surface area contributed by atoms with Crippen molar-refractivity contribution in [1.29, 1.82) is 0 Å². The first-order chi connectivity index (χ1) is 4.27. The minimum atomic E-state index is -5.82. The Hall–Kier alpha value is 0.170. The predicted molar refractivity (Wildman–Crippen MR) is 28.7 cm³/mol. The summed E-state index contributed by atoms with van der Waals surface area (Å²) in [5.74, 6) is 0. The van der Waals surface area contributed by atoms with Gasteiger partial charge in [0, 0.05) is 7.11 Å². The van der Waals surface area contributed by atoms with Crippen LogP contribution in [0.2, 0.25) is 0 Å². The first-order valence-electron chi connectivity index (χ1n) is 1.91. The molecule has 0 aliphatic carbocycles. The van der Waals surface area contributed by atoms with Crippen molar-refractivity contribution in [3.63, 3.8) is 0 Å². The van der Waals surface area contributed by atoms with Gasteiger partial charge in [0.1, 0.15) is 0 Å². The fourth-order valence-electron chi connectivity index (χ4n) is 0.180. The lowest BCUT2D eigenvalue weighted by molar-refractivity contribution is 0.348. The van der Waals surface area contributed by atoms with E-state index in [2.05, 4.69) is 4.52 Å². The Kier molecular flexibility index (Phi) is 3.10. The number of halogens is 3. The van der Waals surface area contributed by atoms with E-state index < -0.39 is 15.7 Å². The highest BCUT2D eigenvalue weighted by Gasteiger charge is 2.33. The molecule has 0 aromatic carbocycles. The molecule has 0 aliphatic heterocycles. The Morgan fingerprint density at radius 1 is 1.30 bits per heavy atom. The standard InChI is InChI=1S/CH4F3NO3P2/c1-8-10(4,7)5-9(2,3)6/h1H3,(H,5,6,7). The van der Waals surface area contributed by atoms with Crippen LogP contribution < -0.4 is 4.86 Å². The molecule has 1 atom stereocenters. The Bertz CT molecular complexity index is 200. The minimum absolute atomic E-state index is 0.434. The first-order valence-corrected chi connectivity index (χ1v) is 4.91. The van der Waals surface area contributed by atoms with Gasteiger partial charge in [-0.3, -0.25) is 4.52 Å². The number of hydrogen-bond donors (Lipinski definition) is 1. The van der Waals surface area contributed by atoms with E-state index in [1.54, 1.807) is 0 Å². The molecule has 0 fully saturated rings. The summed E-state index contributed by atoms with van der Waals surface area (Å²) in [6.07, 6.45) is 0. The van der Waals surface area contributed by atoms with Crippen molar-refractivity contribution in [2.24, 2.45) is 0 Å². The molecule has 4 nitrogen and oxygen atoms in total. The van der Waals surface area contributed by atoms with E-state index in [0.717, 1.165) is 0 Å². The van der Waals surface area contributed by atoms with Gasteiger partial charge in [0.15, 0.2) is 0 Å². The van der Waals surface area contributed by atoms with Crippen LogP contribution in [0, 0.1) is 0 Å². The maximum atomic E-state index is 11.9. The summed E-state index contributed by atoms with van der Waals surface area (Å²) in [7, 11) is -10.3. The van der Waals surface area contributed by atoms with Crippen molar-refractivity contribution in [3.05, 3.63) is 0 Å². The Balaban J connectivity index is 4.17. The van der Waals surface area contributed by atoms with Crippen molar-refractivity contribution >= 4 is 15.7 Å². The summed E-state index contributed by atoms with van der Waals surface area (Å²) in [6.45, 7) is 0.